The fourth-order valence-corrected chi connectivity index (χ4v) is 1.69. The molecule has 8 heteroatoms. The fraction of sp³-hybridized carbons (Fsp3) is 0.909. The fourth-order valence-electron chi connectivity index (χ4n) is 1.25. The molecule has 0 heterocycles. The van der Waals surface area contributed by atoms with Gasteiger partial charge in [0.2, 0.25) is 10.0 Å². The van der Waals surface area contributed by atoms with Crippen molar-refractivity contribution in [2.45, 2.75) is 39.0 Å². The largest absolute Gasteiger partial charge is 0.462 e. The van der Waals surface area contributed by atoms with Crippen LogP contribution in [0.2, 0.25) is 0 Å². The van der Waals surface area contributed by atoms with Gasteiger partial charge in [-0.3, -0.25) is 4.79 Å². The maximum atomic E-state index is 11.3. The van der Waals surface area contributed by atoms with E-state index in [1.54, 1.807) is 0 Å². The summed E-state index contributed by atoms with van der Waals surface area (Å²) in [5.41, 5.74) is 5.37. The average Bonchev–Trinajstić information content (AvgIpc) is 2.22. The van der Waals surface area contributed by atoms with Crippen molar-refractivity contribution in [3.05, 3.63) is 0 Å². The van der Waals surface area contributed by atoms with Gasteiger partial charge in [-0.05, 0) is 20.8 Å². The molecule has 0 radical (unpaired) electrons. The summed E-state index contributed by atoms with van der Waals surface area (Å²) in [6.07, 6.45) is 0.474. The summed E-state index contributed by atoms with van der Waals surface area (Å²) in [4.78, 5) is 11.3. The maximum absolute atomic E-state index is 11.3. The molecule has 0 aliphatic rings. The van der Waals surface area contributed by atoms with Crippen LogP contribution in [0.1, 0.15) is 20.8 Å². The second kappa shape index (κ2) is 7.78. The number of likely N-dealkylation sites (N-methyl/N-ethyl adjacent to an activating group) is 1. The third kappa shape index (κ3) is 8.14. The Bertz CT molecular complexity index is 381. The van der Waals surface area contributed by atoms with Crippen molar-refractivity contribution in [2.24, 2.45) is 5.73 Å². The lowest BCUT2D eigenvalue weighted by Crippen LogP contribution is -2.40. The van der Waals surface area contributed by atoms with Crippen molar-refractivity contribution >= 4 is 16.0 Å². The predicted octanol–water partition coefficient (Wildman–Crippen LogP) is -0.438. The molecule has 2 atom stereocenters. The highest BCUT2D eigenvalue weighted by Crippen LogP contribution is 2.04. The second-order valence-electron chi connectivity index (χ2n) is 4.77. The van der Waals surface area contributed by atoms with Crippen LogP contribution in [0.15, 0.2) is 0 Å². The molecule has 0 aliphatic heterocycles. The minimum absolute atomic E-state index is 0.0294. The third-order valence-electron chi connectivity index (χ3n) is 2.27. The van der Waals surface area contributed by atoms with Gasteiger partial charge in [0.1, 0.15) is 18.8 Å². The molecule has 19 heavy (non-hydrogen) atoms. The van der Waals surface area contributed by atoms with Gasteiger partial charge in [-0.15, -0.1) is 0 Å². The first-order valence-electron chi connectivity index (χ1n) is 6.03. The minimum atomic E-state index is -3.30. The number of nitrogens with two attached hydrogens (primary N) is 1. The van der Waals surface area contributed by atoms with Crippen LogP contribution in [-0.4, -0.2) is 63.4 Å². The monoisotopic (exact) mass is 296 g/mol. The van der Waals surface area contributed by atoms with Crippen LogP contribution < -0.4 is 5.73 Å². The number of hydrogen-bond donors (Lipinski definition) is 1. The summed E-state index contributed by atoms with van der Waals surface area (Å²) >= 11 is 0. The first-order chi connectivity index (χ1) is 8.54. The molecule has 0 fully saturated rings. The van der Waals surface area contributed by atoms with Gasteiger partial charge in [0.15, 0.2) is 0 Å². The highest BCUT2D eigenvalue weighted by Gasteiger charge is 2.21. The van der Waals surface area contributed by atoms with Crippen molar-refractivity contribution < 1.29 is 22.7 Å². The Kier molecular flexibility index (Phi) is 7.50. The molecular weight excluding hydrogens is 272 g/mol. The minimum Gasteiger partial charge on any atom is -0.462 e. The van der Waals surface area contributed by atoms with E-state index in [9.17, 15) is 13.2 Å². The highest BCUT2D eigenvalue weighted by atomic mass is 32.2. The quantitative estimate of drug-likeness (QED) is 0.610. The summed E-state index contributed by atoms with van der Waals surface area (Å²) in [5.74, 6) is -0.542. The van der Waals surface area contributed by atoms with Gasteiger partial charge in [0.05, 0.1) is 12.4 Å². The number of esters is 1. The van der Waals surface area contributed by atoms with Gasteiger partial charge < -0.3 is 15.2 Å². The molecular formula is C11H24N2O5S. The van der Waals surface area contributed by atoms with Crippen LogP contribution in [0.25, 0.3) is 0 Å². The summed E-state index contributed by atoms with van der Waals surface area (Å²) in [6, 6.07) is -0.715. The average molecular weight is 296 g/mol. The number of carbonyl (C=O) groups is 1. The highest BCUT2D eigenvalue weighted by molar-refractivity contribution is 7.88. The molecule has 0 amide bonds. The molecule has 0 bridgehead atoms. The molecule has 2 N–H and O–H groups in total. The van der Waals surface area contributed by atoms with Gasteiger partial charge in [-0.1, -0.05) is 0 Å². The first-order valence-corrected chi connectivity index (χ1v) is 7.87. The Morgan fingerprint density at radius 1 is 1.32 bits per heavy atom. The predicted molar refractivity (Wildman–Crippen MR) is 72.1 cm³/mol. The molecule has 114 valence electrons. The van der Waals surface area contributed by atoms with E-state index in [4.69, 9.17) is 15.2 Å². The lowest BCUT2D eigenvalue weighted by Gasteiger charge is -2.24. The van der Waals surface area contributed by atoms with Gasteiger partial charge in [0, 0.05) is 13.6 Å². The zero-order chi connectivity index (χ0) is 15.2. The molecule has 0 aromatic heterocycles. The summed E-state index contributed by atoms with van der Waals surface area (Å²) in [5, 5.41) is 0. The number of carbonyl (C=O) groups excluding carboxylic acids is 1. The van der Waals surface area contributed by atoms with E-state index in [-0.39, 0.29) is 19.3 Å². The lowest BCUT2D eigenvalue weighted by atomic mass is 10.3. The van der Waals surface area contributed by atoms with E-state index in [1.807, 2.05) is 13.8 Å². The van der Waals surface area contributed by atoms with E-state index in [0.29, 0.717) is 0 Å². The summed E-state index contributed by atoms with van der Waals surface area (Å²) in [6.45, 7) is 5.24. The lowest BCUT2D eigenvalue weighted by molar-refractivity contribution is -0.150. The molecule has 0 spiro atoms. The van der Waals surface area contributed by atoms with Gasteiger partial charge >= 0.3 is 5.97 Å². The normalized spacial score (nSPS) is 15.6. The van der Waals surface area contributed by atoms with Crippen LogP contribution in [0.3, 0.4) is 0 Å². The Morgan fingerprint density at radius 3 is 2.21 bits per heavy atom. The molecule has 7 nitrogen and oxygen atoms in total. The summed E-state index contributed by atoms with van der Waals surface area (Å²) in [7, 11) is -1.86. The van der Waals surface area contributed by atoms with Crippen molar-refractivity contribution in [2.75, 3.05) is 26.5 Å². The van der Waals surface area contributed by atoms with E-state index in [0.717, 1.165) is 10.6 Å². The van der Waals surface area contributed by atoms with Gasteiger partial charge in [0.25, 0.3) is 0 Å². The van der Waals surface area contributed by atoms with Crippen molar-refractivity contribution in [1.29, 1.82) is 0 Å². The number of hydrogen-bond acceptors (Lipinski definition) is 6. The Hall–Kier alpha value is -0.700. The van der Waals surface area contributed by atoms with Crippen molar-refractivity contribution in [3.8, 4) is 0 Å². The Morgan fingerprint density at radius 2 is 1.84 bits per heavy atom. The van der Waals surface area contributed by atoms with E-state index >= 15 is 0 Å². The van der Waals surface area contributed by atoms with E-state index in [2.05, 4.69) is 0 Å². The second-order valence-corrected chi connectivity index (χ2v) is 6.86. The molecule has 0 aromatic rings. The number of nitrogens with zero attached hydrogens (tertiary/aromatic N) is 1. The van der Waals surface area contributed by atoms with Crippen LogP contribution in [0.5, 0.6) is 0 Å². The smallest absolute Gasteiger partial charge is 0.322 e. The molecule has 0 saturated heterocycles. The Balaban J connectivity index is 4.52. The molecule has 0 saturated carbocycles. The number of sulfonamides is 1. The van der Waals surface area contributed by atoms with Crippen LogP contribution in [0.4, 0.5) is 0 Å². The standard InChI is InChI=1S/C11H24N2O5S/c1-8(2)18-10(6-13(4)19(5,15)16)7-17-11(14)9(3)12/h8-10H,6-7,12H2,1-5H3/t9-,10-/m0/s1. The van der Waals surface area contributed by atoms with Crippen LogP contribution in [0, 0.1) is 0 Å². The number of rotatable bonds is 8. The van der Waals surface area contributed by atoms with E-state index < -0.39 is 28.1 Å². The van der Waals surface area contributed by atoms with Crippen LogP contribution in [-0.2, 0) is 24.3 Å². The Labute approximate surface area is 115 Å². The van der Waals surface area contributed by atoms with Crippen molar-refractivity contribution in [1.82, 2.24) is 4.31 Å². The van der Waals surface area contributed by atoms with Gasteiger partial charge in [-0.2, -0.15) is 0 Å². The molecule has 0 aromatic carbocycles. The van der Waals surface area contributed by atoms with Crippen LogP contribution >= 0.6 is 0 Å². The zero-order valence-corrected chi connectivity index (χ0v) is 12.9. The molecule has 0 rings (SSSR count). The topological polar surface area (TPSA) is 98.9 Å². The first kappa shape index (κ1) is 18.3. The number of ether oxygens (including phenoxy) is 2. The third-order valence-corrected chi connectivity index (χ3v) is 3.56. The zero-order valence-electron chi connectivity index (χ0n) is 12.1. The molecule has 0 aliphatic carbocycles. The molecule has 0 unspecified atom stereocenters. The maximum Gasteiger partial charge on any atom is 0.322 e. The van der Waals surface area contributed by atoms with Gasteiger partial charge in [-0.25, -0.2) is 12.7 Å². The summed E-state index contributed by atoms with van der Waals surface area (Å²) < 4.78 is 34.3. The SMILES string of the molecule is CC(C)O[C@H](COC(=O)[C@H](C)N)CN(C)S(C)(=O)=O. The van der Waals surface area contributed by atoms with E-state index in [1.165, 1.54) is 14.0 Å². The van der Waals surface area contributed by atoms with Crippen molar-refractivity contribution in [3.63, 3.8) is 0 Å².